The number of halogens is 3. The number of nitrogens with one attached hydrogen (secondary N) is 2. The van der Waals surface area contributed by atoms with E-state index in [4.69, 9.17) is 4.74 Å². The number of benzene rings is 1. The van der Waals surface area contributed by atoms with E-state index in [-0.39, 0.29) is 24.5 Å². The van der Waals surface area contributed by atoms with Crippen LogP contribution >= 0.6 is 0 Å². The SMILES string of the molecule is COCC(=O)NC1CCN(CCCCC2(C(O)NCC(F)(F)F)c3ccccc3C3=CCCCC32)CC1. The van der Waals surface area contributed by atoms with Crippen LogP contribution in [0.15, 0.2) is 30.3 Å². The van der Waals surface area contributed by atoms with Crippen molar-refractivity contribution in [1.29, 1.82) is 0 Å². The highest BCUT2D eigenvalue weighted by molar-refractivity contribution is 5.79. The van der Waals surface area contributed by atoms with Crippen molar-refractivity contribution in [3.8, 4) is 0 Å². The second-order valence-electron chi connectivity index (χ2n) is 10.7. The molecule has 1 heterocycles. The highest BCUT2D eigenvalue weighted by Gasteiger charge is 2.53. The fourth-order valence-electron chi connectivity index (χ4n) is 6.67. The number of allylic oxidation sites excluding steroid dienone is 2. The van der Waals surface area contributed by atoms with Crippen LogP contribution in [0, 0.1) is 5.92 Å². The number of aliphatic hydroxyl groups excluding tert-OH is 1. The number of alkyl halides is 3. The topological polar surface area (TPSA) is 73.8 Å². The first-order valence-electron chi connectivity index (χ1n) is 13.5. The third-order valence-electron chi connectivity index (χ3n) is 8.32. The Kier molecular flexibility index (Phi) is 9.32. The van der Waals surface area contributed by atoms with E-state index in [2.05, 4.69) is 21.6 Å². The molecule has 37 heavy (non-hydrogen) atoms. The minimum Gasteiger partial charge on any atom is -0.378 e. The highest BCUT2D eigenvalue weighted by atomic mass is 19.4. The van der Waals surface area contributed by atoms with Gasteiger partial charge in [-0.2, -0.15) is 13.2 Å². The monoisotopic (exact) mass is 523 g/mol. The van der Waals surface area contributed by atoms with Gasteiger partial charge in [-0.3, -0.25) is 10.1 Å². The Morgan fingerprint density at radius 2 is 1.97 bits per heavy atom. The van der Waals surface area contributed by atoms with Gasteiger partial charge >= 0.3 is 6.18 Å². The molecule has 4 rings (SSSR count). The van der Waals surface area contributed by atoms with Crippen LogP contribution < -0.4 is 10.6 Å². The van der Waals surface area contributed by atoms with Gasteiger partial charge < -0.3 is 20.1 Å². The van der Waals surface area contributed by atoms with E-state index in [9.17, 15) is 23.1 Å². The zero-order valence-electron chi connectivity index (χ0n) is 21.7. The Hall–Kier alpha value is -1.94. The van der Waals surface area contributed by atoms with Gasteiger partial charge in [0, 0.05) is 31.7 Å². The summed E-state index contributed by atoms with van der Waals surface area (Å²) in [5.41, 5.74) is 2.47. The first kappa shape index (κ1) is 28.1. The molecule has 0 radical (unpaired) electrons. The number of ether oxygens (including phenoxy) is 1. The molecular weight excluding hydrogens is 483 g/mol. The second-order valence-corrected chi connectivity index (χ2v) is 10.7. The minimum absolute atomic E-state index is 0.0147. The summed E-state index contributed by atoms with van der Waals surface area (Å²) in [4.78, 5) is 14.1. The summed E-state index contributed by atoms with van der Waals surface area (Å²) in [5, 5.41) is 16.8. The zero-order valence-corrected chi connectivity index (χ0v) is 21.7. The molecule has 3 unspecified atom stereocenters. The fraction of sp³-hybridized carbons (Fsp3) is 0.679. The van der Waals surface area contributed by atoms with Gasteiger partial charge in [-0.05, 0) is 74.1 Å². The molecule has 0 bridgehead atoms. The van der Waals surface area contributed by atoms with Gasteiger partial charge in [0.25, 0.3) is 0 Å². The van der Waals surface area contributed by atoms with Crippen molar-refractivity contribution in [3.05, 3.63) is 41.5 Å². The summed E-state index contributed by atoms with van der Waals surface area (Å²) in [7, 11) is 1.51. The predicted molar refractivity (Wildman–Crippen MR) is 137 cm³/mol. The molecule has 1 amide bonds. The van der Waals surface area contributed by atoms with Crippen LogP contribution in [0.4, 0.5) is 13.2 Å². The number of hydrogen-bond acceptors (Lipinski definition) is 5. The van der Waals surface area contributed by atoms with Crippen LogP contribution in [0.3, 0.4) is 0 Å². The van der Waals surface area contributed by atoms with Gasteiger partial charge in [0.2, 0.25) is 5.91 Å². The molecule has 3 N–H and O–H groups in total. The summed E-state index contributed by atoms with van der Waals surface area (Å²) in [5.74, 6) is -0.0715. The van der Waals surface area contributed by atoms with Crippen molar-refractivity contribution in [2.45, 2.75) is 75.2 Å². The third kappa shape index (κ3) is 6.56. The van der Waals surface area contributed by atoms with Crippen LogP contribution in [0.2, 0.25) is 0 Å². The Bertz CT molecular complexity index is 946. The molecule has 1 aromatic rings. The molecule has 206 valence electrons. The minimum atomic E-state index is -4.39. The molecule has 6 nitrogen and oxygen atoms in total. The first-order chi connectivity index (χ1) is 17.7. The molecule has 1 saturated heterocycles. The number of amides is 1. The lowest BCUT2D eigenvalue weighted by Gasteiger charge is -2.42. The van der Waals surface area contributed by atoms with Crippen molar-refractivity contribution in [3.63, 3.8) is 0 Å². The van der Waals surface area contributed by atoms with E-state index in [1.54, 1.807) is 0 Å². The van der Waals surface area contributed by atoms with Crippen LogP contribution in [-0.2, 0) is 14.9 Å². The first-order valence-corrected chi connectivity index (χ1v) is 13.5. The molecule has 3 aliphatic rings. The maximum Gasteiger partial charge on any atom is 0.401 e. The second kappa shape index (κ2) is 12.3. The summed E-state index contributed by atoms with van der Waals surface area (Å²) in [6.45, 7) is 1.57. The van der Waals surface area contributed by atoms with Crippen LogP contribution in [0.25, 0.3) is 5.57 Å². The molecular formula is C28H40F3N3O3. The van der Waals surface area contributed by atoms with E-state index in [1.807, 2.05) is 24.3 Å². The maximum atomic E-state index is 13.1. The summed E-state index contributed by atoms with van der Waals surface area (Å²) in [6, 6.07) is 8.11. The van der Waals surface area contributed by atoms with Crippen molar-refractivity contribution in [1.82, 2.24) is 15.5 Å². The van der Waals surface area contributed by atoms with Gasteiger partial charge in [-0.1, -0.05) is 36.8 Å². The van der Waals surface area contributed by atoms with E-state index >= 15 is 0 Å². The van der Waals surface area contributed by atoms with Gasteiger partial charge in [0.05, 0.1) is 6.54 Å². The number of nitrogens with zero attached hydrogens (tertiary/aromatic N) is 1. The van der Waals surface area contributed by atoms with Crippen molar-refractivity contribution in [2.75, 3.05) is 39.9 Å². The standard InChI is InChI=1S/C28H40F3N3O3/c1-37-18-25(35)33-20-12-16-34(17-13-20)15-7-6-14-27(26(36)32-19-28(29,30)31)23-10-4-2-8-21(23)22-9-3-5-11-24(22)27/h2,4,8-10,20,24,26,32,36H,3,5-7,11-19H2,1H3,(H,33,35). The highest BCUT2D eigenvalue weighted by Crippen LogP contribution is 2.57. The van der Waals surface area contributed by atoms with Crippen LogP contribution in [0.1, 0.15) is 62.5 Å². The van der Waals surface area contributed by atoms with Crippen molar-refractivity contribution < 1.29 is 27.8 Å². The largest absolute Gasteiger partial charge is 0.401 e. The van der Waals surface area contributed by atoms with Gasteiger partial charge in [0.1, 0.15) is 12.8 Å². The van der Waals surface area contributed by atoms with Gasteiger partial charge in [-0.25, -0.2) is 0 Å². The number of hydrogen-bond donors (Lipinski definition) is 3. The van der Waals surface area contributed by atoms with Crippen LogP contribution in [0.5, 0.6) is 0 Å². The zero-order chi connectivity index (χ0) is 26.5. The smallest absolute Gasteiger partial charge is 0.378 e. The number of piperidine rings is 1. The predicted octanol–water partition coefficient (Wildman–Crippen LogP) is 3.99. The summed E-state index contributed by atoms with van der Waals surface area (Å²) >= 11 is 0. The van der Waals surface area contributed by atoms with E-state index in [0.29, 0.717) is 6.42 Å². The fourth-order valence-corrected chi connectivity index (χ4v) is 6.67. The quantitative estimate of drug-likeness (QED) is 0.302. The molecule has 0 aromatic heterocycles. The molecule has 1 aromatic carbocycles. The average molecular weight is 524 g/mol. The molecule has 0 spiro atoms. The van der Waals surface area contributed by atoms with E-state index in [0.717, 1.165) is 75.7 Å². The lowest BCUT2D eigenvalue weighted by atomic mass is 9.66. The third-order valence-corrected chi connectivity index (χ3v) is 8.32. The summed E-state index contributed by atoms with van der Waals surface area (Å²) < 4.78 is 44.1. The number of methoxy groups -OCH3 is 1. The Balaban J connectivity index is 1.40. The van der Waals surface area contributed by atoms with E-state index in [1.165, 1.54) is 12.7 Å². The van der Waals surface area contributed by atoms with Gasteiger partial charge in [0.15, 0.2) is 0 Å². The number of fused-ring (bicyclic) bond motifs is 3. The van der Waals surface area contributed by atoms with Crippen LogP contribution in [-0.4, -0.2) is 74.3 Å². The van der Waals surface area contributed by atoms with E-state index < -0.39 is 24.4 Å². The summed E-state index contributed by atoms with van der Waals surface area (Å²) in [6.07, 6.45) is 3.49. The number of likely N-dealkylation sites (tertiary alicyclic amines) is 1. The average Bonchev–Trinajstić information content (AvgIpc) is 3.17. The molecule has 1 aliphatic heterocycles. The molecule has 1 fully saturated rings. The molecule has 0 saturated carbocycles. The number of carbonyl (C=O) groups excluding carboxylic acids is 1. The number of rotatable bonds is 11. The maximum absolute atomic E-state index is 13.1. The van der Waals surface area contributed by atoms with Crippen molar-refractivity contribution in [2.24, 2.45) is 5.92 Å². The number of aliphatic hydroxyl groups is 1. The Labute approximate surface area is 217 Å². The lowest BCUT2D eigenvalue weighted by Crippen LogP contribution is -2.53. The Morgan fingerprint density at radius 3 is 2.70 bits per heavy atom. The normalized spacial score (nSPS) is 25.3. The Morgan fingerprint density at radius 1 is 1.22 bits per heavy atom. The lowest BCUT2D eigenvalue weighted by molar-refractivity contribution is -0.135. The number of unbranched alkanes of at least 4 members (excludes halogenated alkanes) is 1. The number of carbonyl (C=O) groups is 1. The van der Waals surface area contributed by atoms with Gasteiger partial charge in [-0.15, -0.1) is 0 Å². The molecule has 3 atom stereocenters. The van der Waals surface area contributed by atoms with Crippen molar-refractivity contribution >= 4 is 11.5 Å². The molecule has 2 aliphatic carbocycles. The molecule has 9 heteroatoms.